The molecule has 0 fully saturated rings. The van der Waals surface area contributed by atoms with Gasteiger partial charge in [0.25, 0.3) is 0 Å². The molecule has 20 heavy (non-hydrogen) atoms. The van der Waals surface area contributed by atoms with Crippen LogP contribution in [0.5, 0.6) is 0 Å². The summed E-state index contributed by atoms with van der Waals surface area (Å²) in [5.74, 6) is 0. The Bertz CT molecular complexity index is 802. The molecule has 0 aliphatic heterocycles. The van der Waals surface area contributed by atoms with Crippen LogP contribution in [0.3, 0.4) is 0 Å². The molecule has 3 rings (SSSR count). The minimum absolute atomic E-state index is 0.548. The van der Waals surface area contributed by atoms with Crippen LogP contribution < -0.4 is 5.32 Å². The number of rotatable bonds is 2. The van der Waals surface area contributed by atoms with E-state index in [-0.39, 0.29) is 0 Å². The van der Waals surface area contributed by atoms with Gasteiger partial charge in [0.2, 0.25) is 0 Å². The number of para-hydroxylation sites is 1. The van der Waals surface area contributed by atoms with E-state index in [1.54, 1.807) is 6.20 Å². The highest BCUT2D eigenvalue weighted by atomic mass is 14.9. The Hall–Kier alpha value is -2.86. The maximum atomic E-state index is 9.30. The number of nitriles is 1. The van der Waals surface area contributed by atoms with Crippen LogP contribution in [-0.4, -0.2) is 4.98 Å². The number of pyridine rings is 1. The van der Waals surface area contributed by atoms with E-state index in [2.05, 4.69) is 22.4 Å². The molecule has 1 aromatic heterocycles. The molecule has 0 saturated heterocycles. The normalized spacial score (nSPS) is 10.2. The van der Waals surface area contributed by atoms with Gasteiger partial charge >= 0.3 is 0 Å². The molecule has 0 radical (unpaired) electrons. The zero-order chi connectivity index (χ0) is 13.9. The monoisotopic (exact) mass is 259 g/mol. The van der Waals surface area contributed by atoms with Crippen molar-refractivity contribution in [3.63, 3.8) is 0 Å². The van der Waals surface area contributed by atoms with Crippen molar-refractivity contribution in [3.8, 4) is 6.07 Å². The fourth-order valence-corrected chi connectivity index (χ4v) is 2.19. The largest absolute Gasteiger partial charge is 0.354 e. The number of nitrogens with one attached hydrogen (secondary N) is 1. The molecule has 0 unspecified atom stereocenters. The Morgan fingerprint density at radius 3 is 2.65 bits per heavy atom. The van der Waals surface area contributed by atoms with Gasteiger partial charge in [0.15, 0.2) is 0 Å². The fraction of sp³-hybridized carbons (Fsp3) is 0.0588. The SMILES string of the molecule is Cc1ccc2ncc(C#N)c(Nc3ccccc3)c2c1. The molecule has 1 N–H and O–H groups in total. The van der Waals surface area contributed by atoms with Gasteiger partial charge in [0.05, 0.1) is 16.8 Å². The van der Waals surface area contributed by atoms with Crippen molar-refractivity contribution in [3.05, 3.63) is 65.9 Å². The molecule has 2 aromatic carbocycles. The number of benzene rings is 2. The van der Waals surface area contributed by atoms with Gasteiger partial charge in [-0.25, -0.2) is 0 Å². The van der Waals surface area contributed by atoms with E-state index in [9.17, 15) is 5.26 Å². The molecule has 3 aromatic rings. The van der Waals surface area contributed by atoms with E-state index in [1.165, 1.54) is 0 Å². The molecule has 0 amide bonds. The molecule has 0 aliphatic rings. The van der Waals surface area contributed by atoms with E-state index in [1.807, 2.05) is 49.4 Å². The number of anilines is 2. The number of fused-ring (bicyclic) bond motifs is 1. The van der Waals surface area contributed by atoms with E-state index >= 15 is 0 Å². The van der Waals surface area contributed by atoms with Gasteiger partial charge in [-0.3, -0.25) is 4.98 Å². The molecule has 0 atom stereocenters. The third-order valence-corrected chi connectivity index (χ3v) is 3.19. The molecular formula is C17H13N3. The first kappa shape index (κ1) is 12.2. The highest BCUT2D eigenvalue weighted by Gasteiger charge is 2.09. The molecule has 3 nitrogen and oxygen atoms in total. The standard InChI is InChI=1S/C17H13N3/c1-12-7-8-16-15(9-12)17(13(10-18)11-19-16)20-14-5-3-2-4-6-14/h2-9,11H,1H3,(H,19,20). The lowest BCUT2D eigenvalue weighted by molar-refractivity contribution is 1.35. The summed E-state index contributed by atoms with van der Waals surface area (Å²) in [7, 11) is 0. The van der Waals surface area contributed by atoms with Crippen molar-refractivity contribution in [1.29, 1.82) is 5.26 Å². The topological polar surface area (TPSA) is 48.7 Å². The maximum Gasteiger partial charge on any atom is 0.103 e. The van der Waals surface area contributed by atoms with Crippen molar-refractivity contribution < 1.29 is 0 Å². The summed E-state index contributed by atoms with van der Waals surface area (Å²) in [6.07, 6.45) is 1.61. The van der Waals surface area contributed by atoms with E-state index in [0.717, 1.165) is 27.8 Å². The average molecular weight is 259 g/mol. The zero-order valence-corrected chi connectivity index (χ0v) is 11.1. The molecule has 96 valence electrons. The second kappa shape index (κ2) is 5.02. The average Bonchev–Trinajstić information content (AvgIpc) is 2.49. The maximum absolute atomic E-state index is 9.30. The Morgan fingerprint density at radius 2 is 1.90 bits per heavy atom. The Morgan fingerprint density at radius 1 is 1.10 bits per heavy atom. The summed E-state index contributed by atoms with van der Waals surface area (Å²) in [4.78, 5) is 4.33. The first-order valence-corrected chi connectivity index (χ1v) is 6.39. The number of aryl methyl sites for hydroxylation is 1. The van der Waals surface area contributed by atoms with Gasteiger partial charge in [-0.1, -0.05) is 29.8 Å². The van der Waals surface area contributed by atoms with E-state index in [4.69, 9.17) is 0 Å². The summed E-state index contributed by atoms with van der Waals surface area (Å²) in [5, 5.41) is 13.6. The van der Waals surface area contributed by atoms with E-state index in [0.29, 0.717) is 5.56 Å². The van der Waals surface area contributed by atoms with Crippen LogP contribution in [0.1, 0.15) is 11.1 Å². The van der Waals surface area contributed by atoms with Crippen molar-refractivity contribution in [2.75, 3.05) is 5.32 Å². The number of nitrogens with zero attached hydrogens (tertiary/aromatic N) is 2. The third-order valence-electron chi connectivity index (χ3n) is 3.19. The van der Waals surface area contributed by atoms with Crippen LogP contribution in [0.4, 0.5) is 11.4 Å². The quantitative estimate of drug-likeness (QED) is 0.751. The fourth-order valence-electron chi connectivity index (χ4n) is 2.19. The van der Waals surface area contributed by atoms with Crippen molar-refractivity contribution >= 4 is 22.3 Å². The minimum Gasteiger partial charge on any atom is -0.354 e. The van der Waals surface area contributed by atoms with Crippen molar-refractivity contribution in [2.24, 2.45) is 0 Å². The van der Waals surface area contributed by atoms with Crippen LogP contribution >= 0.6 is 0 Å². The molecular weight excluding hydrogens is 246 g/mol. The van der Waals surface area contributed by atoms with Crippen LogP contribution in [0.2, 0.25) is 0 Å². The van der Waals surface area contributed by atoms with Gasteiger partial charge in [-0.2, -0.15) is 5.26 Å². The first-order chi connectivity index (χ1) is 9.78. The molecule has 1 heterocycles. The van der Waals surface area contributed by atoms with Crippen molar-refractivity contribution in [1.82, 2.24) is 4.98 Å². The molecule has 0 saturated carbocycles. The number of hydrogen-bond donors (Lipinski definition) is 1. The van der Waals surface area contributed by atoms with E-state index < -0.39 is 0 Å². The molecule has 0 aliphatic carbocycles. The lowest BCUT2D eigenvalue weighted by atomic mass is 10.1. The second-order valence-electron chi connectivity index (χ2n) is 4.67. The van der Waals surface area contributed by atoms with Gasteiger partial charge in [0, 0.05) is 17.3 Å². The lowest BCUT2D eigenvalue weighted by Gasteiger charge is -2.11. The van der Waals surface area contributed by atoms with Crippen molar-refractivity contribution in [2.45, 2.75) is 6.92 Å². The number of aromatic nitrogens is 1. The zero-order valence-electron chi connectivity index (χ0n) is 11.1. The van der Waals surface area contributed by atoms with Gasteiger partial charge in [-0.15, -0.1) is 0 Å². The third kappa shape index (κ3) is 2.19. The minimum atomic E-state index is 0.548. The predicted molar refractivity (Wildman–Crippen MR) is 80.9 cm³/mol. The Balaban J connectivity index is 2.21. The first-order valence-electron chi connectivity index (χ1n) is 6.39. The second-order valence-corrected chi connectivity index (χ2v) is 4.67. The highest BCUT2D eigenvalue weighted by Crippen LogP contribution is 2.29. The van der Waals surface area contributed by atoms with Crippen LogP contribution in [0.15, 0.2) is 54.7 Å². The molecule has 0 spiro atoms. The summed E-state index contributed by atoms with van der Waals surface area (Å²) < 4.78 is 0. The van der Waals surface area contributed by atoms with Crippen LogP contribution in [0.25, 0.3) is 10.9 Å². The summed E-state index contributed by atoms with van der Waals surface area (Å²) in [6, 6.07) is 18.1. The Labute approximate surface area is 117 Å². The number of hydrogen-bond acceptors (Lipinski definition) is 3. The summed E-state index contributed by atoms with van der Waals surface area (Å²) in [5.41, 5.74) is 4.34. The summed E-state index contributed by atoms with van der Waals surface area (Å²) in [6.45, 7) is 2.03. The Kier molecular flexibility index (Phi) is 3.06. The highest BCUT2D eigenvalue weighted by molar-refractivity contribution is 5.96. The van der Waals surface area contributed by atoms with Gasteiger partial charge < -0.3 is 5.32 Å². The van der Waals surface area contributed by atoms with Gasteiger partial charge in [-0.05, 0) is 31.2 Å². The molecule has 0 bridgehead atoms. The van der Waals surface area contributed by atoms with Crippen LogP contribution in [0, 0.1) is 18.3 Å². The molecule has 3 heteroatoms. The lowest BCUT2D eigenvalue weighted by Crippen LogP contribution is -1.96. The van der Waals surface area contributed by atoms with Gasteiger partial charge in [0.1, 0.15) is 6.07 Å². The summed E-state index contributed by atoms with van der Waals surface area (Å²) >= 11 is 0. The smallest absolute Gasteiger partial charge is 0.103 e. The predicted octanol–water partition coefficient (Wildman–Crippen LogP) is 4.16. The van der Waals surface area contributed by atoms with Crippen LogP contribution in [-0.2, 0) is 0 Å².